The van der Waals surface area contributed by atoms with Crippen molar-refractivity contribution in [3.63, 3.8) is 0 Å². The van der Waals surface area contributed by atoms with Crippen LogP contribution in [0.5, 0.6) is 0 Å². The fraction of sp³-hybridized carbons (Fsp3) is 0.857. The zero-order valence-electron chi connectivity index (χ0n) is 53.0. The molecule has 482 valence electrons. The van der Waals surface area contributed by atoms with Gasteiger partial charge in [-0.3, -0.25) is 47.9 Å². The van der Waals surface area contributed by atoms with Crippen molar-refractivity contribution in [1.82, 2.24) is 0 Å². The van der Waals surface area contributed by atoms with Gasteiger partial charge in [-0.2, -0.15) is 0 Å². The minimum Gasteiger partial charge on any atom is -0.481 e. The molecule has 88 heavy (non-hydrogen) atoms. The Morgan fingerprint density at radius 3 is 1.05 bits per heavy atom. The van der Waals surface area contributed by atoms with E-state index in [2.05, 4.69) is 13.8 Å². The van der Waals surface area contributed by atoms with Gasteiger partial charge in [0.25, 0.3) is 0 Å². The third-order valence-electron chi connectivity index (χ3n) is 28.1. The third-order valence-corrected chi connectivity index (χ3v) is 28.1. The molecule has 14 rings (SSSR count). The molecule has 12 saturated carbocycles. The molecule has 2 N–H and O–H groups in total. The van der Waals surface area contributed by atoms with E-state index in [-0.39, 0.29) is 155 Å². The fourth-order valence-electron chi connectivity index (χ4n) is 26.2. The molecule has 0 aromatic rings. The number of esters is 8. The molecule has 34 unspecified atom stereocenters. The number of hydrogen-bond acceptors (Lipinski definition) is 16. The van der Waals surface area contributed by atoms with E-state index in [4.69, 9.17) is 28.4 Å². The molecule has 0 aromatic carbocycles. The van der Waals surface area contributed by atoms with Gasteiger partial charge in [0, 0.05) is 0 Å². The van der Waals surface area contributed by atoms with Crippen LogP contribution in [0.3, 0.4) is 0 Å². The second kappa shape index (κ2) is 21.3. The van der Waals surface area contributed by atoms with Gasteiger partial charge >= 0.3 is 59.7 Å². The first-order valence-electron chi connectivity index (χ1n) is 34.3. The summed E-state index contributed by atoms with van der Waals surface area (Å²) in [4.78, 5) is 138. The molecule has 14 aliphatic rings. The lowest BCUT2D eigenvalue weighted by Gasteiger charge is -2.51. The molecule has 2 heterocycles. The predicted octanol–water partition coefficient (Wildman–Crippen LogP) is 8.97. The van der Waals surface area contributed by atoms with Crippen LogP contribution < -0.4 is 0 Å². The van der Waals surface area contributed by atoms with Gasteiger partial charge in [0.15, 0.2) is 0 Å². The summed E-state index contributed by atoms with van der Waals surface area (Å²) in [5.74, 6) is -13.1. The van der Waals surface area contributed by atoms with E-state index >= 15 is 0 Å². The molecular formula is C70H94O18. The molecular weight excluding hydrogens is 1130 g/mol. The van der Waals surface area contributed by atoms with E-state index in [1.165, 1.54) is 0 Å². The molecule has 0 amide bonds. The highest BCUT2D eigenvalue weighted by molar-refractivity contribution is 5.97. The van der Waals surface area contributed by atoms with Gasteiger partial charge in [0.2, 0.25) is 0 Å². The number of cyclic esters (lactones) is 4. The number of fused-ring (bicyclic) bond motifs is 12. The van der Waals surface area contributed by atoms with Crippen molar-refractivity contribution < 1.29 is 86.6 Å². The molecule has 18 nitrogen and oxygen atoms in total. The highest BCUT2D eigenvalue weighted by Gasteiger charge is 2.74. The summed E-state index contributed by atoms with van der Waals surface area (Å²) in [6.07, 6.45) is 9.88. The maximum absolute atomic E-state index is 14.5. The first-order valence-corrected chi connectivity index (χ1v) is 34.3. The van der Waals surface area contributed by atoms with E-state index < -0.39 is 118 Å². The number of rotatable bonds is 15. The van der Waals surface area contributed by atoms with Crippen LogP contribution >= 0.6 is 0 Å². The average molecular weight is 1220 g/mol. The van der Waals surface area contributed by atoms with Gasteiger partial charge in [0.1, 0.15) is 24.4 Å². The molecule has 12 bridgehead atoms. The SMILES string of the molecule is CC1C(=O)OC(=O)C1C1C2CCC(C2)C1C1C2CC(C(=O)OC(C)(C)C)C(C2)C1C1C(C)C2CC1C(C(=O)O)C2C(=O)OCCOC(=O)C1C2CC(C1C(=O)O)C(C1C3CC(CC3C(=O)OC(C)(C)C)C1C1C3CCC(C3)C1C1C(=O)OC(=O)C1C)C2C. The summed E-state index contributed by atoms with van der Waals surface area (Å²) < 4.78 is 34.6. The topological polar surface area (TPSA) is 267 Å². The first kappa shape index (κ1) is 60.7. The Morgan fingerprint density at radius 2 is 0.727 bits per heavy atom. The van der Waals surface area contributed by atoms with Gasteiger partial charge in [-0.05, 0) is 261 Å². The lowest BCUT2D eigenvalue weighted by Crippen LogP contribution is -2.51. The minimum absolute atomic E-state index is 0.0449. The number of hydrogen-bond donors (Lipinski definition) is 2. The number of carboxylic acids is 2. The van der Waals surface area contributed by atoms with Crippen LogP contribution in [0.4, 0.5) is 0 Å². The summed E-state index contributed by atoms with van der Waals surface area (Å²) >= 11 is 0. The van der Waals surface area contributed by atoms with Crippen LogP contribution in [-0.4, -0.2) is 94.3 Å². The summed E-state index contributed by atoms with van der Waals surface area (Å²) in [6.45, 7) is 18.4. The van der Waals surface area contributed by atoms with E-state index in [1.54, 1.807) is 13.8 Å². The van der Waals surface area contributed by atoms with Crippen LogP contribution in [0.1, 0.15) is 146 Å². The number of aliphatic carboxylic acids is 2. The molecule has 34 atom stereocenters. The highest BCUT2D eigenvalue weighted by atomic mass is 16.6. The van der Waals surface area contributed by atoms with Crippen molar-refractivity contribution in [2.75, 3.05) is 13.2 Å². The Bertz CT molecular complexity index is 2760. The first-order chi connectivity index (χ1) is 41.5. The Hall–Kier alpha value is -4.90. The van der Waals surface area contributed by atoms with Gasteiger partial charge in [-0.25, -0.2) is 0 Å². The van der Waals surface area contributed by atoms with Gasteiger partial charge in [0.05, 0.1) is 59.2 Å². The Balaban J connectivity index is 0.671. The monoisotopic (exact) mass is 1220 g/mol. The fourth-order valence-corrected chi connectivity index (χ4v) is 26.2. The summed E-state index contributed by atoms with van der Waals surface area (Å²) in [5.41, 5.74) is -1.40. The number of carbonyl (C=O) groups is 10. The van der Waals surface area contributed by atoms with E-state index in [1.807, 2.05) is 41.5 Å². The van der Waals surface area contributed by atoms with Crippen LogP contribution in [0.15, 0.2) is 0 Å². The molecule has 12 aliphatic carbocycles. The summed E-state index contributed by atoms with van der Waals surface area (Å²) in [6, 6.07) is 0. The van der Waals surface area contributed by atoms with Crippen molar-refractivity contribution in [1.29, 1.82) is 0 Å². The van der Waals surface area contributed by atoms with Gasteiger partial charge < -0.3 is 38.6 Å². The second-order valence-electron chi connectivity index (χ2n) is 33.6. The molecule has 0 spiro atoms. The zero-order chi connectivity index (χ0) is 62.5. The van der Waals surface area contributed by atoms with Crippen LogP contribution in [-0.2, 0) is 76.4 Å². The normalized spacial score (nSPS) is 50.6. The highest BCUT2D eigenvalue weighted by Crippen LogP contribution is 2.75. The van der Waals surface area contributed by atoms with Gasteiger partial charge in [-0.1, -0.05) is 27.7 Å². The standard InChI is InChI=1S/C70H94O18/c1-25-35-23-41(43(25)53-37-19-33(21-39(37)63(77)87-69(5,6)7)51(53)49-31-13-11-29(17-31)47(49)45-27(3)61(75)85-67(45)81)55(59(71)72)57(35)65(79)83-15-16-84-66(80)58-36-24-42(56(58)60(73)74)44(26(36)2)54-38-20-34(22-40(38)64(78)88-70(8,9)10)52(54)50-32-14-12-30(18-32)48(50)46-28(4)62(76)86-68(46)82/h25-58H,11-24H2,1-10H3,(H,71,72)(H,73,74). The van der Waals surface area contributed by atoms with Crippen molar-refractivity contribution in [3.8, 4) is 0 Å². The Kier molecular flexibility index (Phi) is 14.7. The average Bonchev–Trinajstić information content (AvgIpc) is 1.57. The lowest BCUT2D eigenvalue weighted by atomic mass is 9.53. The lowest BCUT2D eigenvalue weighted by molar-refractivity contribution is -0.172. The molecule has 14 fully saturated rings. The van der Waals surface area contributed by atoms with Crippen molar-refractivity contribution in [3.05, 3.63) is 0 Å². The number of carboxylic acid groups (broad SMARTS) is 2. The van der Waals surface area contributed by atoms with Gasteiger partial charge in [-0.15, -0.1) is 0 Å². The summed E-state index contributed by atoms with van der Waals surface area (Å²) in [5, 5.41) is 22.4. The Morgan fingerprint density at radius 1 is 0.386 bits per heavy atom. The molecule has 0 radical (unpaired) electrons. The van der Waals surface area contributed by atoms with E-state index in [9.17, 15) is 58.2 Å². The number of ether oxygens (including phenoxy) is 6. The minimum atomic E-state index is -1.08. The van der Waals surface area contributed by atoms with Crippen molar-refractivity contribution >= 4 is 59.7 Å². The van der Waals surface area contributed by atoms with Crippen molar-refractivity contribution in [2.45, 2.75) is 157 Å². The molecule has 0 aromatic heterocycles. The second-order valence-corrected chi connectivity index (χ2v) is 33.6. The van der Waals surface area contributed by atoms with E-state index in [0.29, 0.717) is 37.5 Å². The Labute approximate surface area is 516 Å². The predicted molar refractivity (Wildman–Crippen MR) is 308 cm³/mol. The maximum atomic E-state index is 14.5. The van der Waals surface area contributed by atoms with E-state index in [0.717, 1.165) is 51.4 Å². The molecule has 18 heteroatoms. The number of carbonyl (C=O) groups excluding carboxylic acids is 8. The van der Waals surface area contributed by atoms with Crippen molar-refractivity contribution in [2.24, 2.45) is 201 Å². The maximum Gasteiger partial charge on any atom is 0.317 e. The smallest absolute Gasteiger partial charge is 0.317 e. The van der Waals surface area contributed by atoms with Crippen LogP contribution in [0, 0.1) is 201 Å². The third kappa shape index (κ3) is 9.18. The van der Waals surface area contributed by atoms with Crippen LogP contribution in [0.2, 0.25) is 0 Å². The van der Waals surface area contributed by atoms with Crippen LogP contribution in [0.25, 0.3) is 0 Å². The summed E-state index contributed by atoms with van der Waals surface area (Å²) in [7, 11) is 0. The molecule has 2 aliphatic heterocycles. The molecule has 2 saturated heterocycles. The zero-order valence-corrected chi connectivity index (χ0v) is 53.0. The largest absolute Gasteiger partial charge is 0.481 e. The quantitative estimate of drug-likeness (QED) is 0.0670.